The Morgan fingerprint density at radius 1 is 1.29 bits per heavy atom. The maximum atomic E-state index is 9.05. The Balaban J connectivity index is 2.44. The first-order valence-corrected chi connectivity index (χ1v) is 4.18. The molecule has 0 bridgehead atoms. The largest absolute Gasteiger partial charge is 0.505 e. The molecule has 0 aromatic heterocycles. The lowest BCUT2D eigenvalue weighted by atomic mass is 10.1. The van der Waals surface area contributed by atoms with Gasteiger partial charge in [0.05, 0.1) is 0 Å². The highest BCUT2D eigenvalue weighted by molar-refractivity contribution is 5.48. The van der Waals surface area contributed by atoms with E-state index in [1.165, 1.54) is 0 Å². The minimum absolute atomic E-state index is 0.293. The quantitative estimate of drug-likeness (QED) is 0.544. The Morgan fingerprint density at radius 2 is 1.86 bits per heavy atom. The fourth-order valence-electron chi connectivity index (χ4n) is 1.39. The maximum absolute atomic E-state index is 9.05. The molecule has 0 saturated heterocycles. The average molecular weight is 197 g/mol. The second kappa shape index (κ2) is 2.84. The minimum Gasteiger partial charge on any atom is -0.403 e. The van der Waals surface area contributed by atoms with Crippen molar-refractivity contribution in [2.45, 2.75) is 19.6 Å². The predicted molar refractivity (Wildman–Crippen MR) is 47.5 cm³/mol. The summed E-state index contributed by atoms with van der Waals surface area (Å²) in [6.45, 7) is 2.23. The molecule has 0 radical (unpaired) electrons. The van der Waals surface area contributed by atoms with E-state index in [0.29, 0.717) is 18.0 Å². The Kier molecular flexibility index (Phi) is 1.88. The molecule has 0 fully saturated rings. The third kappa shape index (κ3) is 1.41. The van der Waals surface area contributed by atoms with Gasteiger partial charge in [0.25, 0.3) is 0 Å². The molecule has 5 heteroatoms. The van der Waals surface area contributed by atoms with E-state index in [1.807, 2.05) is 6.92 Å². The number of nitrogens with two attached hydrogens (primary N) is 1. The van der Waals surface area contributed by atoms with Gasteiger partial charge in [-0.2, -0.15) is 0 Å². The Hall–Kier alpha value is -1.30. The van der Waals surface area contributed by atoms with Crippen LogP contribution in [0.15, 0.2) is 12.1 Å². The van der Waals surface area contributed by atoms with Crippen molar-refractivity contribution in [3.63, 3.8) is 0 Å². The van der Waals surface area contributed by atoms with Crippen molar-refractivity contribution >= 4 is 0 Å². The summed E-state index contributed by atoms with van der Waals surface area (Å²) in [6.07, 6.45) is -2.55. The summed E-state index contributed by atoms with van der Waals surface area (Å²) in [6, 6.07) is 3.30. The second-order valence-electron chi connectivity index (χ2n) is 3.18. The van der Waals surface area contributed by atoms with Gasteiger partial charge in [-0.1, -0.05) is 0 Å². The highest BCUT2D eigenvalue weighted by Crippen LogP contribution is 2.39. The SMILES string of the molecule is Cc1cc2c(cc1CN)OC(O)(O)O2. The van der Waals surface area contributed by atoms with Crippen molar-refractivity contribution in [1.29, 1.82) is 0 Å². The number of aryl methyl sites for hydroxylation is 1. The predicted octanol–water partition coefficient (Wildman–Crippen LogP) is -0.179. The monoisotopic (exact) mass is 197 g/mol. The zero-order valence-electron chi connectivity index (χ0n) is 7.65. The lowest BCUT2D eigenvalue weighted by Crippen LogP contribution is -2.37. The Bertz CT molecular complexity index is 375. The molecule has 1 aromatic rings. The summed E-state index contributed by atoms with van der Waals surface area (Å²) in [5, 5.41) is 18.1. The molecular formula is C9H11NO4. The first-order chi connectivity index (χ1) is 6.52. The van der Waals surface area contributed by atoms with Gasteiger partial charge in [-0.15, -0.1) is 0 Å². The molecule has 0 saturated carbocycles. The molecule has 1 aliphatic rings. The van der Waals surface area contributed by atoms with Crippen molar-refractivity contribution in [3.05, 3.63) is 23.3 Å². The fourth-order valence-corrected chi connectivity index (χ4v) is 1.39. The van der Waals surface area contributed by atoms with Crippen LogP contribution in [0, 0.1) is 6.92 Å². The van der Waals surface area contributed by atoms with Gasteiger partial charge in [0.1, 0.15) is 0 Å². The number of hydrogen-bond acceptors (Lipinski definition) is 5. The van der Waals surface area contributed by atoms with Gasteiger partial charge in [0.15, 0.2) is 11.5 Å². The van der Waals surface area contributed by atoms with Gasteiger partial charge < -0.3 is 15.2 Å². The van der Waals surface area contributed by atoms with Crippen molar-refractivity contribution in [3.8, 4) is 11.5 Å². The summed E-state index contributed by atoms with van der Waals surface area (Å²) in [5.41, 5.74) is 7.29. The van der Waals surface area contributed by atoms with E-state index in [2.05, 4.69) is 0 Å². The van der Waals surface area contributed by atoms with Crippen LogP contribution < -0.4 is 15.2 Å². The van der Waals surface area contributed by atoms with Gasteiger partial charge in [-0.25, -0.2) is 0 Å². The van der Waals surface area contributed by atoms with E-state index in [0.717, 1.165) is 11.1 Å². The number of ether oxygens (including phenoxy) is 2. The molecule has 5 nitrogen and oxygen atoms in total. The van der Waals surface area contributed by atoms with Gasteiger partial charge in [0.2, 0.25) is 0 Å². The Labute approximate surface area is 80.7 Å². The van der Waals surface area contributed by atoms with Crippen LogP contribution in [0.4, 0.5) is 0 Å². The van der Waals surface area contributed by atoms with Gasteiger partial charge >= 0.3 is 6.16 Å². The molecule has 4 N–H and O–H groups in total. The van der Waals surface area contributed by atoms with E-state index in [-0.39, 0.29) is 0 Å². The molecule has 1 aromatic carbocycles. The van der Waals surface area contributed by atoms with Crippen LogP contribution in [-0.4, -0.2) is 16.4 Å². The smallest absolute Gasteiger partial charge is 0.403 e. The van der Waals surface area contributed by atoms with Crippen LogP contribution in [0.1, 0.15) is 11.1 Å². The van der Waals surface area contributed by atoms with Gasteiger partial charge in [-0.3, -0.25) is 10.2 Å². The highest BCUT2D eigenvalue weighted by atomic mass is 17.0. The summed E-state index contributed by atoms with van der Waals surface area (Å²) in [4.78, 5) is 0. The Morgan fingerprint density at radius 3 is 2.43 bits per heavy atom. The number of aliphatic hydroxyl groups is 2. The molecule has 76 valence electrons. The average Bonchev–Trinajstić information content (AvgIpc) is 2.36. The molecule has 14 heavy (non-hydrogen) atoms. The van der Waals surface area contributed by atoms with Crippen LogP contribution >= 0.6 is 0 Å². The molecule has 1 aliphatic heterocycles. The van der Waals surface area contributed by atoms with Gasteiger partial charge in [-0.05, 0) is 30.2 Å². The summed E-state index contributed by atoms with van der Waals surface area (Å²) < 4.78 is 9.45. The van der Waals surface area contributed by atoms with Gasteiger partial charge in [0, 0.05) is 6.54 Å². The van der Waals surface area contributed by atoms with E-state index >= 15 is 0 Å². The lowest BCUT2D eigenvalue weighted by molar-refractivity contribution is -0.385. The van der Waals surface area contributed by atoms with Crippen molar-refractivity contribution < 1.29 is 19.7 Å². The lowest BCUT2D eigenvalue weighted by Gasteiger charge is -2.10. The van der Waals surface area contributed by atoms with Crippen molar-refractivity contribution in [1.82, 2.24) is 0 Å². The highest BCUT2D eigenvalue weighted by Gasteiger charge is 2.38. The molecular weight excluding hydrogens is 186 g/mol. The molecule has 0 amide bonds. The summed E-state index contributed by atoms with van der Waals surface area (Å²) in [7, 11) is 0. The molecule has 0 unspecified atom stereocenters. The van der Waals surface area contributed by atoms with E-state index in [1.54, 1.807) is 12.1 Å². The molecule has 0 spiro atoms. The van der Waals surface area contributed by atoms with Crippen molar-refractivity contribution in [2.24, 2.45) is 5.73 Å². The van der Waals surface area contributed by atoms with E-state index in [9.17, 15) is 0 Å². The number of fused-ring (bicyclic) bond motifs is 1. The zero-order valence-corrected chi connectivity index (χ0v) is 7.65. The van der Waals surface area contributed by atoms with Crippen LogP contribution in [-0.2, 0) is 6.54 Å². The normalized spacial score (nSPS) is 17.1. The minimum atomic E-state index is -2.55. The first kappa shape index (κ1) is 9.26. The van der Waals surface area contributed by atoms with Crippen LogP contribution in [0.3, 0.4) is 0 Å². The third-order valence-electron chi connectivity index (χ3n) is 2.11. The fraction of sp³-hybridized carbons (Fsp3) is 0.333. The third-order valence-corrected chi connectivity index (χ3v) is 2.11. The number of rotatable bonds is 1. The van der Waals surface area contributed by atoms with E-state index in [4.69, 9.17) is 25.4 Å². The van der Waals surface area contributed by atoms with E-state index < -0.39 is 6.16 Å². The topological polar surface area (TPSA) is 84.9 Å². The summed E-state index contributed by atoms with van der Waals surface area (Å²) >= 11 is 0. The molecule has 1 heterocycles. The van der Waals surface area contributed by atoms with Crippen LogP contribution in [0.5, 0.6) is 11.5 Å². The van der Waals surface area contributed by atoms with Crippen LogP contribution in [0.2, 0.25) is 0 Å². The zero-order chi connectivity index (χ0) is 10.3. The standard InChI is InChI=1S/C9H11NO4/c1-5-2-7-8(3-6(5)4-10)14-9(11,12)13-7/h2-3,11-12H,4,10H2,1H3. The maximum Gasteiger partial charge on any atom is 0.505 e. The second-order valence-corrected chi connectivity index (χ2v) is 3.18. The number of benzene rings is 1. The molecule has 2 rings (SSSR count). The van der Waals surface area contributed by atoms with Crippen LogP contribution in [0.25, 0.3) is 0 Å². The van der Waals surface area contributed by atoms with Crippen molar-refractivity contribution in [2.75, 3.05) is 0 Å². The summed E-state index contributed by atoms with van der Waals surface area (Å²) in [5.74, 6) is 0.603. The molecule has 0 aliphatic carbocycles. The first-order valence-electron chi connectivity index (χ1n) is 4.18. The number of hydrogen-bond donors (Lipinski definition) is 3. The molecule has 0 atom stereocenters.